The monoisotopic (exact) mass is 350 g/mol. The molecule has 0 aliphatic heterocycles. The largest absolute Gasteiger partial charge is 0.477 e. The van der Waals surface area contributed by atoms with Crippen molar-refractivity contribution in [2.24, 2.45) is 5.92 Å². The average Bonchev–Trinajstić information content (AvgIpc) is 2.61. The number of carbonyl (C=O) groups is 2. The van der Waals surface area contributed by atoms with Crippen molar-refractivity contribution in [3.63, 3.8) is 0 Å². The lowest BCUT2D eigenvalue weighted by atomic mass is 9.86. The Hall–Kier alpha value is -2.64. The molecule has 0 unspecified atom stereocenters. The number of carbonyl (C=O) groups excluding carboxylic acids is 2. The third-order valence-corrected chi connectivity index (χ3v) is 4.39. The first kappa shape index (κ1) is 18.7. The van der Waals surface area contributed by atoms with Gasteiger partial charge in [0.25, 0.3) is 5.91 Å². The van der Waals surface area contributed by atoms with Crippen molar-refractivity contribution in [1.82, 2.24) is 5.32 Å². The molecule has 0 saturated heterocycles. The van der Waals surface area contributed by atoms with Gasteiger partial charge >= 0.3 is 11.7 Å². The predicted octanol–water partition coefficient (Wildman–Crippen LogP) is 2.46. The average molecular weight is 350 g/mol. The quantitative estimate of drug-likeness (QED) is 0.480. The summed E-state index contributed by atoms with van der Waals surface area (Å²) in [5, 5.41) is 14.1. The fourth-order valence-electron chi connectivity index (χ4n) is 2.95. The molecule has 1 aromatic rings. The Morgan fingerprint density at radius 2 is 2.04 bits per heavy atom. The number of ether oxygens (including phenoxy) is 2. The van der Waals surface area contributed by atoms with Gasteiger partial charge in [-0.15, -0.1) is 0 Å². The fourth-order valence-corrected chi connectivity index (χ4v) is 2.95. The van der Waals surface area contributed by atoms with Crippen molar-refractivity contribution >= 4 is 17.6 Å². The molecule has 0 radical (unpaired) electrons. The second kappa shape index (κ2) is 8.46. The highest BCUT2D eigenvalue weighted by molar-refractivity contribution is 5.90. The highest BCUT2D eigenvalue weighted by Crippen LogP contribution is 2.28. The third kappa shape index (κ3) is 4.91. The van der Waals surface area contributed by atoms with Crippen LogP contribution in [0.3, 0.4) is 0 Å². The van der Waals surface area contributed by atoms with Gasteiger partial charge in [0.15, 0.2) is 12.4 Å². The van der Waals surface area contributed by atoms with Gasteiger partial charge in [0, 0.05) is 12.1 Å². The minimum atomic E-state index is -0.682. The summed E-state index contributed by atoms with van der Waals surface area (Å²) >= 11 is 0. The number of nitro benzene ring substituents is 1. The van der Waals surface area contributed by atoms with Crippen LogP contribution in [0.2, 0.25) is 0 Å². The van der Waals surface area contributed by atoms with E-state index in [1.165, 1.54) is 25.7 Å². The number of rotatable bonds is 6. The van der Waals surface area contributed by atoms with Gasteiger partial charge in [-0.2, -0.15) is 0 Å². The number of hydrogen-bond donors (Lipinski definition) is 1. The number of esters is 1. The van der Waals surface area contributed by atoms with Crippen LogP contribution < -0.4 is 10.1 Å². The number of hydrogen-bond acceptors (Lipinski definition) is 6. The predicted molar refractivity (Wildman–Crippen MR) is 89.5 cm³/mol. The molecule has 0 heterocycles. The van der Waals surface area contributed by atoms with Crippen molar-refractivity contribution in [3.8, 4) is 5.75 Å². The Morgan fingerprint density at radius 1 is 1.32 bits per heavy atom. The molecule has 0 aromatic heterocycles. The SMILES string of the molecule is COC(=O)c1ccc(OCC(=O)N[C@H]2CCCC[C@@H]2C)c([N+](=O)[O-])c1. The maximum Gasteiger partial charge on any atom is 0.338 e. The van der Waals surface area contributed by atoms with Crippen LogP contribution in [0.25, 0.3) is 0 Å². The van der Waals surface area contributed by atoms with Crippen LogP contribution in [0.1, 0.15) is 43.0 Å². The minimum Gasteiger partial charge on any atom is -0.477 e. The minimum absolute atomic E-state index is 0.0435. The van der Waals surface area contributed by atoms with Crippen LogP contribution in [-0.2, 0) is 9.53 Å². The molecule has 1 saturated carbocycles. The number of amides is 1. The summed E-state index contributed by atoms with van der Waals surface area (Å²) in [6.45, 7) is 1.78. The van der Waals surface area contributed by atoms with Crippen molar-refractivity contribution in [2.45, 2.75) is 38.6 Å². The van der Waals surface area contributed by atoms with Gasteiger partial charge in [-0.25, -0.2) is 4.79 Å². The molecule has 1 fully saturated rings. The standard InChI is InChI=1S/C17H22N2O6/c1-11-5-3-4-6-13(11)18-16(20)10-25-15-8-7-12(17(21)24-2)9-14(15)19(22)23/h7-9,11,13H,3-6,10H2,1-2H3,(H,18,20)/t11-,13-/m0/s1. The van der Waals surface area contributed by atoms with Crippen molar-refractivity contribution < 1.29 is 24.0 Å². The summed E-state index contributed by atoms with van der Waals surface area (Å²) in [7, 11) is 1.19. The highest BCUT2D eigenvalue weighted by atomic mass is 16.6. The summed E-state index contributed by atoms with van der Waals surface area (Å²) in [6, 6.07) is 3.83. The van der Waals surface area contributed by atoms with E-state index in [0.717, 1.165) is 25.3 Å². The molecule has 1 aliphatic carbocycles. The van der Waals surface area contributed by atoms with E-state index in [-0.39, 0.29) is 35.6 Å². The van der Waals surface area contributed by atoms with Gasteiger partial charge in [0.2, 0.25) is 0 Å². The van der Waals surface area contributed by atoms with Crippen LogP contribution in [0, 0.1) is 16.0 Å². The second-order valence-corrected chi connectivity index (χ2v) is 6.16. The number of methoxy groups -OCH3 is 1. The van der Waals surface area contributed by atoms with Crippen molar-refractivity contribution in [1.29, 1.82) is 0 Å². The lowest BCUT2D eigenvalue weighted by Crippen LogP contribution is -2.43. The van der Waals surface area contributed by atoms with E-state index in [1.54, 1.807) is 0 Å². The molecule has 1 amide bonds. The van der Waals surface area contributed by atoms with Gasteiger partial charge in [-0.3, -0.25) is 14.9 Å². The maximum absolute atomic E-state index is 12.1. The molecule has 136 valence electrons. The van der Waals surface area contributed by atoms with Crippen LogP contribution >= 0.6 is 0 Å². The van der Waals surface area contributed by atoms with Gasteiger partial charge in [-0.1, -0.05) is 19.8 Å². The molecule has 0 bridgehead atoms. The van der Waals surface area contributed by atoms with Crippen molar-refractivity contribution in [2.75, 3.05) is 13.7 Å². The molecule has 0 spiro atoms. The highest BCUT2D eigenvalue weighted by Gasteiger charge is 2.24. The molecular weight excluding hydrogens is 328 g/mol. The van der Waals surface area contributed by atoms with Crippen LogP contribution in [-0.4, -0.2) is 36.6 Å². The van der Waals surface area contributed by atoms with Gasteiger partial charge in [-0.05, 0) is 30.9 Å². The zero-order chi connectivity index (χ0) is 18.4. The normalized spacial score (nSPS) is 19.8. The molecule has 8 heteroatoms. The Balaban J connectivity index is 2.00. The van der Waals surface area contributed by atoms with Crippen molar-refractivity contribution in [3.05, 3.63) is 33.9 Å². The van der Waals surface area contributed by atoms with Gasteiger partial charge < -0.3 is 14.8 Å². The van der Waals surface area contributed by atoms with Gasteiger partial charge in [0.05, 0.1) is 17.6 Å². The zero-order valence-electron chi connectivity index (χ0n) is 14.3. The number of nitro groups is 1. The molecule has 2 rings (SSSR count). The van der Waals surface area contributed by atoms with Crippen LogP contribution in [0.15, 0.2) is 18.2 Å². The summed E-state index contributed by atoms with van der Waals surface area (Å²) in [6.07, 6.45) is 4.26. The van der Waals surface area contributed by atoms with E-state index in [0.29, 0.717) is 5.92 Å². The maximum atomic E-state index is 12.1. The first-order chi connectivity index (χ1) is 11.9. The number of benzene rings is 1. The lowest BCUT2D eigenvalue weighted by Gasteiger charge is -2.29. The zero-order valence-corrected chi connectivity index (χ0v) is 14.3. The van der Waals surface area contributed by atoms with E-state index in [9.17, 15) is 19.7 Å². The molecule has 1 N–H and O–H groups in total. The van der Waals surface area contributed by atoms with E-state index in [4.69, 9.17) is 4.74 Å². The Kier molecular flexibility index (Phi) is 6.32. The third-order valence-electron chi connectivity index (χ3n) is 4.39. The Bertz CT molecular complexity index is 661. The van der Waals surface area contributed by atoms with E-state index < -0.39 is 10.9 Å². The van der Waals surface area contributed by atoms with Gasteiger partial charge in [0.1, 0.15) is 0 Å². The molecule has 1 aromatic carbocycles. The first-order valence-corrected chi connectivity index (χ1v) is 8.21. The first-order valence-electron chi connectivity index (χ1n) is 8.21. The van der Waals surface area contributed by atoms with E-state index in [2.05, 4.69) is 17.0 Å². The lowest BCUT2D eigenvalue weighted by molar-refractivity contribution is -0.385. The smallest absolute Gasteiger partial charge is 0.338 e. The second-order valence-electron chi connectivity index (χ2n) is 6.16. The molecular formula is C17H22N2O6. The summed E-state index contributed by atoms with van der Waals surface area (Å²) in [4.78, 5) is 34.0. The summed E-state index contributed by atoms with van der Waals surface area (Å²) < 4.78 is 9.84. The fraction of sp³-hybridized carbons (Fsp3) is 0.529. The molecule has 2 atom stereocenters. The Labute approximate surface area is 145 Å². The molecule has 1 aliphatic rings. The summed E-state index contributed by atoms with van der Waals surface area (Å²) in [5.41, 5.74) is -0.344. The molecule has 8 nitrogen and oxygen atoms in total. The number of nitrogens with one attached hydrogen (secondary N) is 1. The Morgan fingerprint density at radius 3 is 2.68 bits per heavy atom. The topological polar surface area (TPSA) is 108 Å². The van der Waals surface area contributed by atoms with Crippen LogP contribution in [0.5, 0.6) is 5.75 Å². The number of nitrogens with zero attached hydrogens (tertiary/aromatic N) is 1. The molecule has 25 heavy (non-hydrogen) atoms. The van der Waals surface area contributed by atoms with E-state index in [1.807, 2.05) is 0 Å². The van der Waals surface area contributed by atoms with E-state index >= 15 is 0 Å². The summed E-state index contributed by atoms with van der Waals surface area (Å²) in [5.74, 6) is -0.653. The van der Waals surface area contributed by atoms with Crippen LogP contribution in [0.4, 0.5) is 5.69 Å².